The van der Waals surface area contributed by atoms with Gasteiger partial charge in [-0.2, -0.15) is 0 Å². The Morgan fingerprint density at radius 1 is 1.50 bits per heavy atom. The molecule has 0 fully saturated rings. The fourth-order valence-electron chi connectivity index (χ4n) is 1.32. The molecule has 1 unspecified atom stereocenters. The molecule has 0 aliphatic rings. The Morgan fingerprint density at radius 3 is 2.75 bits per heavy atom. The van der Waals surface area contributed by atoms with Crippen molar-refractivity contribution in [2.24, 2.45) is 5.73 Å². The molecule has 1 atom stereocenters. The van der Waals surface area contributed by atoms with Gasteiger partial charge in [0.25, 0.3) is 0 Å². The van der Waals surface area contributed by atoms with Gasteiger partial charge in [-0.05, 0) is 24.5 Å². The molecule has 1 rings (SSSR count). The Balaban J connectivity index is 2.99. The topological polar surface area (TPSA) is 26.0 Å². The normalized spacial score (nSPS) is 12.5. The van der Waals surface area contributed by atoms with E-state index in [9.17, 15) is 0 Å². The summed E-state index contributed by atoms with van der Waals surface area (Å²) in [5, 5.41) is 0. The number of rotatable bonds is 3. The van der Waals surface area contributed by atoms with Crippen LogP contribution in [-0.2, 0) is 6.42 Å². The predicted octanol–water partition coefficient (Wildman–Crippen LogP) is 2.43. The Morgan fingerprint density at radius 2 is 2.17 bits per heavy atom. The van der Waals surface area contributed by atoms with Gasteiger partial charge in [0.15, 0.2) is 0 Å². The highest BCUT2D eigenvalue weighted by Gasteiger charge is 2.03. The molecule has 64 valence electrons. The predicted molar refractivity (Wildman–Crippen MR) is 52.9 cm³/mol. The van der Waals surface area contributed by atoms with E-state index in [4.69, 9.17) is 5.73 Å². The Labute approximate surface area is 73.9 Å². The molecule has 0 amide bonds. The standard InChI is InChI=1S/C11H15N/c1-3-6-10-7-4-5-8-11(10)9(2)12/h3-5,7-9H,1,6,12H2,2H3. The summed E-state index contributed by atoms with van der Waals surface area (Å²) in [4.78, 5) is 0. The van der Waals surface area contributed by atoms with E-state index in [1.54, 1.807) is 0 Å². The Hall–Kier alpha value is -1.08. The summed E-state index contributed by atoms with van der Waals surface area (Å²) < 4.78 is 0. The zero-order valence-corrected chi connectivity index (χ0v) is 7.46. The van der Waals surface area contributed by atoms with Crippen molar-refractivity contribution in [3.63, 3.8) is 0 Å². The highest BCUT2D eigenvalue weighted by Crippen LogP contribution is 2.15. The first-order valence-corrected chi connectivity index (χ1v) is 4.20. The molecular formula is C11H15N. The monoisotopic (exact) mass is 161 g/mol. The molecule has 0 saturated heterocycles. The van der Waals surface area contributed by atoms with Gasteiger partial charge in [0.05, 0.1) is 0 Å². The molecule has 2 N–H and O–H groups in total. The van der Waals surface area contributed by atoms with Crippen molar-refractivity contribution in [2.45, 2.75) is 19.4 Å². The third kappa shape index (κ3) is 1.95. The van der Waals surface area contributed by atoms with Crippen LogP contribution < -0.4 is 5.73 Å². The van der Waals surface area contributed by atoms with Crippen molar-refractivity contribution >= 4 is 0 Å². The summed E-state index contributed by atoms with van der Waals surface area (Å²) in [7, 11) is 0. The van der Waals surface area contributed by atoms with Gasteiger partial charge in [-0.1, -0.05) is 30.3 Å². The van der Waals surface area contributed by atoms with E-state index in [0.29, 0.717) is 0 Å². The molecule has 0 radical (unpaired) electrons. The van der Waals surface area contributed by atoms with Crippen molar-refractivity contribution in [1.29, 1.82) is 0 Å². The molecule has 0 aromatic heterocycles. The summed E-state index contributed by atoms with van der Waals surface area (Å²) >= 11 is 0. The maximum Gasteiger partial charge on any atom is 0.0268 e. The SMILES string of the molecule is C=CCc1ccccc1C(C)N. The Kier molecular flexibility index (Phi) is 3.06. The molecule has 0 aliphatic heterocycles. The summed E-state index contributed by atoms with van der Waals surface area (Å²) in [5.74, 6) is 0. The molecule has 0 spiro atoms. The van der Waals surface area contributed by atoms with E-state index < -0.39 is 0 Å². The largest absolute Gasteiger partial charge is 0.324 e. The first-order chi connectivity index (χ1) is 5.75. The molecule has 0 bridgehead atoms. The van der Waals surface area contributed by atoms with Crippen molar-refractivity contribution in [2.75, 3.05) is 0 Å². The van der Waals surface area contributed by atoms with Crippen LogP contribution in [0.3, 0.4) is 0 Å². The Bertz CT molecular complexity index is 263. The fraction of sp³-hybridized carbons (Fsp3) is 0.273. The second-order valence-corrected chi connectivity index (χ2v) is 2.98. The van der Waals surface area contributed by atoms with Crippen LogP contribution in [-0.4, -0.2) is 0 Å². The third-order valence-electron chi connectivity index (χ3n) is 1.91. The quantitative estimate of drug-likeness (QED) is 0.677. The molecule has 0 heterocycles. The minimum atomic E-state index is 0.112. The summed E-state index contributed by atoms with van der Waals surface area (Å²) in [6.07, 6.45) is 2.80. The first-order valence-electron chi connectivity index (χ1n) is 4.20. The molecule has 0 aliphatic carbocycles. The lowest BCUT2D eigenvalue weighted by Gasteiger charge is -2.10. The minimum Gasteiger partial charge on any atom is -0.324 e. The lowest BCUT2D eigenvalue weighted by Crippen LogP contribution is -2.07. The number of benzene rings is 1. The second-order valence-electron chi connectivity index (χ2n) is 2.98. The average Bonchev–Trinajstić information content (AvgIpc) is 2.05. The molecule has 12 heavy (non-hydrogen) atoms. The zero-order valence-electron chi connectivity index (χ0n) is 7.46. The van der Waals surface area contributed by atoms with E-state index >= 15 is 0 Å². The van der Waals surface area contributed by atoms with Crippen LogP contribution in [0.5, 0.6) is 0 Å². The molecular weight excluding hydrogens is 146 g/mol. The third-order valence-corrected chi connectivity index (χ3v) is 1.91. The van der Waals surface area contributed by atoms with Crippen LogP contribution in [0.1, 0.15) is 24.1 Å². The van der Waals surface area contributed by atoms with E-state index in [1.165, 1.54) is 11.1 Å². The smallest absolute Gasteiger partial charge is 0.0268 e. The number of allylic oxidation sites excluding steroid dienone is 1. The summed E-state index contributed by atoms with van der Waals surface area (Å²) in [6.45, 7) is 5.72. The molecule has 1 nitrogen and oxygen atoms in total. The first kappa shape index (κ1) is 9.01. The van der Waals surface area contributed by atoms with Gasteiger partial charge in [-0.15, -0.1) is 6.58 Å². The number of nitrogens with two attached hydrogens (primary N) is 1. The van der Waals surface area contributed by atoms with Crippen molar-refractivity contribution in [3.8, 4) is 0 Å². The number of hydrogen-bond acceptors (Lipinski definition) is 1. The van der Waals surface area contributed by atoms with Crippen molar-refractivity contribution in [1.82, 2.24) is 0 Å². The molecule has 1 heteroatoms. The van der Waals surface area contributed by atoms with Crippen LogP contribution in [0.25, 0.3) is 0 Å². The fourth-order valence-corrected chi connectivity index (χ4v) is 1.32. The zero-order chi connectivity index (χ0) is 8.97. The van der Waals surface area contributed by atoms with Crippen molar-refractivity contribution < 1.29 is 0 Å². The van der Waals surface area contributed by atoms with Crippen LogP contribution in [0.15, 0.2) is 36.9 Å². The van der Waals surface area contributed by atoms with E-state index in [0.717, 1.165) is 6.42 Å². The molecule has 1 aromatic carbocycles. The highest BCUT2D eigenvalue weighted by molar-refractivity contribution is 5.30. The highest BCUT2D eigenvalue weighted by atomic mass is 14.6. The molecule has 0 saturated carbocycles. The van der Waals surface area contributed by atoms with Crippen LogP contribution >= 0.6 is 0 Å². The van der Waals surface area contributed by atoms with Gasteiger partial charge in [-0.3, -0.25) is 0 Å². The van der Waals surface area contributed by atoms with E-state index in [1.807, 2.05) is 25.1 Å². The second kappa shape index (κ2) is 4.07. The average molecular weight is 161 g/mol. The van der Waals surface area contributed by atoms with E-state index in [-0.39, 0.29) is 6.04 Å². The summed E-state index contributed by atoms with van der Waals surface area (Å²) in [6, 6.07) is 8.33. The number of hydrogen-bond donors (Lipinski definition) is 1. The minimum absolute atomic E-state index is 0.112. The van der Waals surface area contributed by atoms with Crippen LogP contribution in [0, 0.1) is 0 Å². The maximum atomic E-state index is 5.81. The van der Waals surface area contributed by atoms with Crippen LogP contribution in [0.2, 0.25) is 0 Å². The van der Waals surface area contributed by atoms with Crippen LogP contribution in [0.4, 0.5) is 0 Å². The lowest BCUT2D eigenvalue weighted by molar-refractivity contribution is 0.805. The molecule has 1 aromatic rings. The van der Waals surface area contributed by atoms with Gasteiger partial charge >= 0.3 is 0 Å². The van der Waals surface area contributed by atoms with Gasteiger partial charge in [-0.25, -0.2) is 0 Å². The van der Waals surface area contributed by atoms with Crippen molar-refractivity contribution in [3.05, 3.63) is 48.0 Å². The van der Waals surface area contributed by atoms with Gasteiger partial charge in [0.2, 0.25) is 0 Å². The van der Waals surface area contributed by atoms with Gasteiger partial charge in [0, 0.05) is 6.04 Å². The summed E-state index contributed by atoms with van der Waals surface area (Å²) in [5.41, 5.74) is 8.31. The van der Waals surface area contributed by atoms with E-state index in [2.05, 4.69) is 18.7 Å². The van der Waals surface area contributed by atoms with Gasteiger partial charge < -0.3 is 5.73 Å². The maximum absolute atomic E-state index is 5.81. The lowest BCUT2D eigenvalue weighted by atomic mass is 10.00. The van der Waals surface area contributed by atoms with Gasteiger partial charge in [0.1, 0.15) is 0 Å².